The number of nitrogens with one attached hydrogen (secondary N) is 2. The number of anilines is 1. The lowest BCUT2D eigenvalue weighted by molar-refractivity contribution is 0.301. The summed E-state index contributed by atoms with van der Waals surface area (Å²) in [6.45, 7) is 3.26. The maximum atomic E-state index is 5.83. The van der Waals surface area contributed by atoms with Crippen LogP contribution in [-0.4, -0.2) is 23.1 Å². The van der Waals surface area contributed by atoms with Gasteiger partial charge in [0.05, 0.1) is 5.69 Å². The molecule has 0 unspecified atom stereocenters. The Morgan fingerprint density at radius 3 is 2.48 bits per heavy atom. The third-order valence-corrected chi connectivity index (χ3v) is 4.09. The first-order valence-corrected chi connectivity index (χ1v) is 9.37. The smallest absolute Gasteiger partial charge is 0.130 e. The van der Waals surface area contributed by atoms with Crippen molar-refractivity contribution < 1.29 is 4.74 Å². The monoisotopic (exact) mass is 362 g/mol. The number of benzene rings is 1. The summed E-state index contributed by atoms with van der Waals surface area (Å²) in [5.41, 5.74) is 2.15. The maximum absolute atomic E-state index is 5.83. The molecular weight excluding hydrogens is 336 g/mol. The van der Waals surface area contributed by atoms with Crippen LogP contribution in [0.1, 0.15) is 24.1 Å². The molecule has 0 saturated heterocycles. The van der Waals surface area contributed by atoms with Gasteiger partial charge in [-0.25, -0.2) is 4.98 Å². The molecule has 0 radical (unpaired) electrons. The molecule has 0 spiro atoms. The summed E-state index contributed by atoms with van der Waals surface area (Å²) in [5, 5.41) is 6.82. The van der Waals surface area contributed by atoms with Gasteiger partial charge in [0.2, 0.25) is 0 Å². The van der Waals surface area contributed by atoms with Gasteiger partial charge >= 0.3 is 0 Å². The van der Waals surface area contributed by atoms with Gasteiger partial charge in [0.15, 0.2) is 0 Å². The maximum Gasteiger partial charge on any atom is 0.130 e. The van der Waals surface area contributed by atoms with Gasteiger partial charge in [-0.05, 0) is 61.3 Å². The predicted octanol–water partition coefficient (Wildman–Crippen LogP) is 4.04. The molecule has 2 heterocycles. The molecule has 5 nitrogen and oxygen atoms in total. The topological polar surface area (TPSA) is 59.1 Å². The molecule has 0 bridgehead atoms. The zero-order valence-corrected chi connectivity index (χ0v) is 15.5. The van der Waals surface area contributed by atoms with Crippen molar-refractivity contribution in [1.82, 2.24) is 15.3 Å². The van der Waals surface area contributed by atoms with Crippen LogP contribution in [0, 0.1) is 0 Å². The minimum atomic E-state index is 0.487. The van der Waals surface area contributed by atoms with Crippen molar-refractivity contribution in [3.63, 3.8) is 0 Å². The molecule has 2 N–H and O–H groups in total. The molecule has 0 amide bonds. The number of hydrogen-bond acceptors (Lipinski definition) is 5. The Labute approximate surface area is 160 Å². The van der Waals surface area contributed by atoms with E-state index in [1.54, 1.807) is 12.4 Å². The molecule has 140 valence electrons. The van der Waals surface area contributed by atoms with E-state index in [0.717, 1.165) is 49.7 Å². The van der Waals surface area contributed by atoms with Crippen LogP contribution in [0.15, 0.2) is 73.1 Å². The Morgan fingerprint density at radius 2 is 1.67 bits per heavy atom. The van der Waals surface area contributed by atoms with Gasteiger partial charge in [-0.15, -0.1) is 0 Å². The van der Waals surface area contributed by atoms with E-state index in [-0.39, 0.29) is 0 Å². The molecule has 3 rings (SSSR count). The van der Waals surface area contributed by atoms with E-state index in [1.165, 1.54) is 5.56 Å². The van der Waals surface area contributed by atoms with Gasteiger partial charge < -0.3 is 15.4 Å². The highest BCUT2D eigenvalue weighted by atomic mass is 16.5. The van der Waals surface area contributed by atoms with Crippen LogP contribution in [0.2, 0.25) is 0 Å². The van der Waals surface area contributed by atoms with Gasteiger partial charge in [-0.1, -0.05) is 24.3 Å². The van der Waals surface area contributed by atoms with Crippen molar-refractivity contribution in [2.45, 2.75) is 26.0 Å². The Hall–Kier alpha value is -2.92. The summed E-state index contributed by atoms with van der Waals surface area (Å²) >= 11 is 0. The third kappa shape index (κ3) is 7.07. The van der Waals surface area contributed by atoms with Crippen molar-refractivity contribution in [3.8, 4) is 5.75 Å². The van der Waals surface area contributed by atoms with Crippen LogP contribution >= 0.6 is 0 Å². The Morgan fingerprint density at radius 1 is 0.815 bits per heavy atom. The van der Waals surface area contributed by atoms with Crippen LogP contribution in [0.5, 0.6) is 5.75 Å². The van der Waals surface area contributed by atoms with Gasteiger partial charge in [0.1, 0.15) is 18.2 Å². The number of aromatic nitrogens is 2. The second-order valence-electron chi connectivity index (χ2n) is 6.28. The number of unbranched alkanes of at least 4 members (excludes halogenated alkanes) is 1. The van der Waals surface area contributed by atoms with Crippen molar-refractivity contribution >= 4 is 5.82 Å². The molecule has 0 atom stereocenters. The molecule has 0 saturated carbocycles. The van der Waals surface area contributed by atoms with Gasteiger partial charge in [-0.3, -0.25) is 4.98 Å². The van der Waals surface area contributed by atoms with Crippen molar-refractivity contribution in [1.29, 1.82) is 0 Å². The van der Waals surface area contributed by atoms with Crippen LogP contribution in [0.3, 0.4) is 0 Å². The average molecular weight is 362 g/mol. The minimum absolute atomic E-state index is 0.487. The number of nitrogens with zero attached hydrogens (tertiary/aromatic N) is 2. The number of ether oxygens (including phenoxy) is 1. The predicted molar refractivity (Wildman–Crippen MR) is 109 cm³/mol. The quantitative estimate of drug-likeness (QED) is 0.504. The van der Waals surface area contributed by atoms with E-state index in [1.807, 2.05) is 48.5 Å². The molecule has 0 fully saturated rings. The van der Waals surface area contributed by atoms with Crippen molar-refractivity contribution in [3.05, 3.63) is 84.3 Å². The first-order chi connectivity index (χ1) is 13.4. The fraction of sp³-hybridized carbons (Fsp3) is 0.273. The molecule has 2 aromatic heterocycles. The summed E-state index contributed by atoms with van der Waals surface area (Å²) < 4.78 is 5.83. The standard InChI is InChI=1S/C22H26N4O/c1-3-13-24-20(9-1)18-27-21-10-7-8-19(16-21)17-23-12-5-6-15-26-22-11-2-4-14-25-22/h1-4,7-11,13-14,16,23H,5-6,12,15,17-18H2,(H,25,26). The number of rotatable bonds is 11. The van der Waals surface area contributed by atoms with E-state index in [0.29, 0.717) is 6.61 Å². The minimum Gasteiger partial charge on any atom is -0.487 e. The molecule has 3 aromatic rings. The fourth-order valence-corrected chi connectivity index (χ4v) is 2.68. The van der Waals surface area contributed by atoms with Gasteiger partial charge in [0.25, 0.3) is 0 Å². The highest BCUT2D eigenvalue weighted by molar-refractivity contribution is 5.32. The SMILES string of the molecule is c1ccc(COc2cccc(CNCCCCNc3ccccn3)c2)nc1. The van der Waals surface area contributed by atoms with Crippen molar-refractivity contribution in [2.24, 2.45) is 0 Å². The first kappa shape index (κ1) is 18.9. The molecule has 5 heteroatoms. The molecule has 27 heavy (non-hydrogen) atoms. The molecule has 0 aliphatic carbocycles. The molecule has 0 aliphatic heterocycles. The highest BCUT2D eigenvalue weighted by Crippen LogP contribution is 2.14. The van der Waals surface area contributed by atoms with E-state index < -0.39 is 0 Å². The molecule has 0 aliphatic rings. The van der Waals surface area contributed by atoms with Gasteiger partial charge in [-0.2, -0.15) is 0 Å². The zero-order valence-electron chi connectivity index (χ0n) is 15.5. The van der Waals surface area contributed by atoms with E-state index in [2.05, 4.69) is 32.7 Å². The fourth-order valence-electron chi connectivity index (χ4n) is 2.68. The zero-order chi connectivity index (χ0) is 18.6. The Bertz CT molecular complexity index is 781. The number of hydrogen-bond donors (Lipinski definition) is 2. The Balaban J connectivity index is 1.30. The summed E-state index contributed by atoms with van der Waals surface area (Å²) in [5.74, 6) is 1.81. The van der Waals surface area contributed by atoms with Gasteiger partial charge in [0, 0.05) is 25.5 Å². The van der Waals surface area contributed by atoms with E-state index >= 15 is 0 Å². The lowest BCUT2D eigenvalue weighted by atomic mass is 10.2. The lowest BCUT2D eigenvalue weighted by Gasteiger charge is -2.09. The molecular formula is C22H26N4O. The summed E-state index contributed by atoms with van der Waals surface area (Å²) in [6.07, 6.45) is 5.81. The second-order valence-corrected chi connectivity index (χ2v) is 6.28. The lowest BCUT2D eigenvalue weighted by Crippen LogP contribution is -2.16. The molecule has 1 aromatic carbocycles. The van der Waals surface area contributed by atoms with Crippen LogP contribution in [-0.2, 0) is 13.2 Å². The highest BCUT2D eigenvalue weighted by Gasteiger charge is 1.99. The summed E-state index contributed by atoms with van der Waals surface area (Å²) in [4.78, 5) is 8.53. The van der Waals surface area contributed by atoms with E-state index in [4.69, 9.17) is 4.74 Å². The van der Waals surface area contributed by atoms with Crippen molar-refractivity contribution in [2.75, 3.05) is 18.4 Å². The normalized spacial score (nSPS) is 10.5. The summed E-state index contributed by atoms with van der Waals surface area (Å²) in [7, 11) is 0. The second kappa shape index (κ2) is 10.9. The average Bonchev–Trinajstić information content (AvgIpc) is 2.73. The van der Waals surface area contributed by atoms with Crippen LogP contribution in [0.25, 0.3) is 0 Å². The van der Waals surface area contributed by atoms with Crippen LogP contribution in [0.4, 0.5) is 5.82 Å². The first-order valence-electron chi connectivity index (χ1n) is 9.37. The largest absolute Gasteiger partial charge is 0.487 e. The Kier molecular flexibility index (Phi) is 7.64. The summed E-state index contributed by atoms with van der Waals surface area (Å²) in [6, 6.07) is 20.0. The third-order valence-electron chi connectivity index (χ3n) is 4.09. The van der Waals surface area contributed by atoms with E-state index in [9.17, 15) is 0 Å². The van der Waals surface area contributed by atoms with Crippen LogP contribution < -0.4 is 15.4 Å². The number of pyridine rings is 2.